The van der Waals surface area contributed by atoms with E-state index in [0.717, 1.165) is 22.6 Å². The van der Waals surface area contributed by atoms with E-state index in [0.29, 0.717) is 36.8 Å². The van der Waals surface area contributed by atoms with Gasteiger partial charge in [-0.15, -0.1) is 0 Å². The van der Waals surface area contributed by atoms with Gasteiger partial charge < -0.3 is 10.0 Å². The topological polar surface area (TPSA) is 66.3 Å². The minimum absolute atomic E-state index is 0.250. The molecule has 1 N–H and O–H groups in total. The second-order valence-corrected chi connectivity index (χ2v) is 6.62. The van der Waals surface area contributed by atoms with Gasteiger partial charge in [0.2, 0.25) is 0 Å². The van der Waals surface area contributed by atoms with E-state index < -0.39 is 5.97 Å². The molecule has 1 fully saturated rings. The number of nitrogens with zero attached hydrogens (tertiary/aromatic N) is 3. The van der Waals surface area contributed by atoms with E-state index in [4.69, 9.17) is 21.7 Å². The number of halogens is 1. The van der Waals surface area contributed by atoms with Crippen LogP contribution in [0.25, 0.3) is 11.4 Å². The minimum Gasteiger partial charge on any atom is -0.481 e. The van der Waals surface area contributed by atoms with Gasteiger partial charge in [-0.3, -0.25) is 4.79 Å². The number of benzene rings is 1. The van der Waals surface area contributed by atoms with Gasteiger partial charge >= 0.3 is 5.97 Å². The first-order valence-electron chi connectivity index (χ1n) is 8.04. The van der Waals surface area contributed by atoms with Crippen molar-refractivity contribution in [1.29, 1.82) is 0 Å². The number of piperidine rings is 1. The van der Waals surface area contributed by atoms with E-state index in [1.165, 1.54) is 0 Å². The van der Waals surface area contributed by atoms with Crippen LogP contribution in [0.3, 0.4) is 0 Å². The van der Waals surface area contributed by atoms with Gasteiger partial charge in [-0.05, 0) is 51.0 Å². The molecule has 1 aliphatic rings. The quantitative estimate of drug-likeness (QED) is 0.918. The number of carboxylic acids is 1. The van der Waals surface area contributed by atoms with Gasteiger partial charge in [-0.2, -0.15) is 0 Å². The molecule has 6 heteroatoms. The van der Waals surface area contributed by atoms with Gasteiger partial charge in [0.15, 0.2) is 5.82 Å². The number of aryl methyl sites for hydroxylation is 1. The normalized spacial score (nSPS) is 15.5. The molecule has 0 spiro atoms. The highest BCUT2D eigenvalue weighted by molar-refractivity contribution is 6.30. The zero-order chi connectivity index (χ0) is 17.3. The summed E-state index contributed by atoms with van der Waals surface area (Å²) >= 11 is 5.95. The maximum Gasteiger partial charge on any atom is 0.306 e. The highest BCUT2D eigenvalue weighted by Gasteiger charge is 2.26. The largest absolute Gasteiger partial charge is 0.481 e. The lowest BCUT2D eigenvalue weighted by Gasteiger charge is -2.32. The third kappa shape index (κ3) is 3.36. The van der Waals surface area contributed by atoms with Crippen molar-refractivity contribution in [3.63, 3.8) is 0 Å². The second-order valence-electron chi connectivity index (χ2n) is 6.19. The van der Waals surface area contributed by atoms with Crippen LogP contribution in [-0.4, -0.2) is 34.1 Å². The van der Waals surface area contributed by atoms with Crippen LogP contribution >= 0.6 is 11.6 Å². The van der Waals surface area contributed by atoms with Crippen molar-refractivity contribution in [2.75, 3.05) is 18.0 Å². The van der Waals surface area contributed by atoms with Gasteiger partial charge in [0.05, 0.1) is 5.92 Å². The Morgan fingerprint density at radius 3 is 2.38 bits per heavy atom. The number of carbonyl (C=O) groups is 1. The van der Waals surface area contributed by atoms with Gasteiger partial charge in [0, 0.05) is 34.9 Å². The molecule has 5 nitrogen and oxygen atoms in total. The lowest BCUT2D eigenvalue weighted by atomic mass is 9.97. The molecule has 3 rings (SSSR count). The smallest absolute Gasteiger partial charge is 0.306 e. The summed E-state index contributed by atoms with van der Waals surface area (Å²) in [6, 6.07) is 7.47. The molecule has 1 aromatic carbocycles. The van der Waals surface area contributed by atoms with E-state index in [1.807, 2.05) is 38.1 Å². The number of anilines is 1. The van der Waals surface area contributed by atoms with Gasteiger partial charge in [-0.25, -0.2) is 9.97 Å². The van der Waals surface area contributed by atoms with Gasteiger partial charge in [0.25, 0.3) is 0 Å². The predicted molar refractivity (Wildman–Crippen MR) is 94.5 cm³/mol. The van der Waals surface area contributed by atoms with E-state index >= 15 is 0 Å². The maximum atomic E-state index is 11.1. The summed E-state index contributed by atoms with van der Waals surface area (Å²) in [6.07, 6.45) is 1.29. The van der Waals surface area contributed by atoms with Gasteiger partial charge in [-0.1, -0.05) is 11.6 Å². The first-order valence-corrected chi connectivity index (χ1v) is 8.42. The summed E-state index contributed by atoms with van der Waals surface area (Å²) in [7, 11) is 0. The van der Waals surface area contributed by atoms with Crippen LogP contribution < -0.4 is 4.90 Å². The van der Waals surface area contributed by atoms with Crippen molar-refractivity contribution >= 4 is 23.4 Å². The molecule has 0 saturated carbocycles. The molecule has 1 aromatic heterocycles. The Morgan fingerprint density at radius 1 is 1.17 bits per heavy atom. The Labute approximate surface area is 146 Å². The summed E-state index contributed by atoms with van der Waals surface area (Å²) in [5.41, 5.74) is 2.90. The Bertz CT molecular complexity index is 754. The van der Waals surface area contributed by atoms with Crippen LogP contribution in [0.5, 0.6) is 0 Å². The van der Waals surface area contributed by atoms with Crippen molar-refractivity contribution in [2.45, 2.75) is 26.7 Å². The molecule has 2 heterocycles. The molecule has 0 radical (unpaired) electrons. The molecule has 24 heavy (non-hydrogen) atoms. The van der Waals surface area contributed by atoms with Crippen molar-refractivity contribution in [3.05, 3.63) is 40.5 Å². The first-order chi connectivity index (χ1) is 11.5. The van der Waals surface area contributed by atoms with Crippen molar-refractivity contribution < 1.29 is 9.90 Å². The van der Waals surface area contributed by atoms with E-state index in [1.54, 1.807) is 0 Å². The standard InChI is InChI=1S/C18H20ClN3O2/c1-11-12(2)20-16(13-3-5-15(19)6-4-13)21-17(11)22-9-7-14(8-10-22)18(23)24/h3-6,14H,7-10H2,1-2H3,(H,23,24). The lowest BCUT2D eigenvalue weighted by Crippen LogP contribution is -2.37. The monoisotopic (exact) mass is 345 g/mol. The molecule has 0 amide bonds. The Hall–Kier alpha value is -2.14. The van der Waals surface area contributed by atoms with Crippen LogP contribution in [0.15, 0.2) is 24.3 Å². The van der Waals surface area contributed by atoms with Crippen molar-refractivity contribution in [3.8, 4) is 11.4 Å². The third-order valence-corrected chi connectivity index (χ3v) is 4.86. The molecule has 0 atom stereocenters. The fourth-order valence-corrected chi connectivity index (χ4v) is 3.11. The summed E-state index contributed by atoms with van der Waals surface area (Å²) in [5.74, 6) is 0.619. The molecular weight excluding hydrogens is 326 g/mol. The highest BCUT2D eigenvalue weighted by atomic mass is 35.5. The number of aromatic nitrogens is 2. The minimum atomic E-state index is -0.702. The van der Waals surface area contributed by atoms with Crippen LogP contribution in [0.2, 0.25) is 5.02 Å². The Balaban J connectivity index is 1.91. The summed E-state index contributed by atoms with van der Waals surface area (Å²) in [6.45, 7) is 5.39. The zero-order valence-corrected chi connectivity index (χ0v) is 14.5. The highest BCUT2D eigenvalue weighted by Crippen LogP contribution is 2.28. The lowest BCUT2D eigenvalue weighted by molar-refractivity contribution is -0.142. The molecule has 0 bridgehead atoms. The zero-order valence-electron chi connectivity index (χ0n) is 13.8. The molecule has 2 aromatic rings. The number of hydrogen-bond donors (Lipinski definition) is 1. The Kier molecular flexibility index (Phi) is 4.71. The summed E-state index contributed by atoms with van der Waals surface area (Å²) < 4.78 is 0. The van der Waals surface area contributed by atoms with Crippen molar-refractivity contribution in [2.24, 2.45) is 5.92 Å². The maximum absolute atomic E-state index is 11.1. The number of hydrogen-bond acceptors (Lipinski definition) is 4. The molecule has 1 aliphatic heterocycles. The van der Waals surface area contributed by atoms with E-state index in [9.17, 15) is 4.79 Å². The van der Waals surface area contributed by atoms with Crippen LogP contribution in [-0.2, 0) is 4.79 Å². The average molecular weight is 346 g/mol. The van der Waals surface area contributed by atoms with Crippen molar-refractivity contribution in [1.82, 2.24) is 9.97 Å². The van der Waals surface area contributed by atoms with Gasteiger partial charge in [0.1, 0.15) is 5.82 Å². The molecule has 126 valence electrons. The number of carboxylic acid groups (broad SMARTS) is 1. The number of rotatable bonds is 3. The van der Waals surface area contributed by atoms with Crippen LogP contribution in [0.1, 0.15) is 24.1 Å². The molecule has 1 saturated heterocycles. The fourth-order valence-electron chi connectivity index (χ4n) is 2.99. The summed E-state index contributed by atoms with van der Waals surface area (Å²) in [4.78, 5) is 22.6. The Morgan fingerprint density at radius 2 is 1.79 bits per heavy atom. The van der Waals surface area contributed by atoms with Crippen LogP contribution in [0.4, 0.5) is 5.82 Å². The SMILES string of the molecule is Cc1nc(-c2ccc(Cl)cc2)nc(N2CCC(C(=O)O)CC2)c1C. The second kappa shape index (κ2) is 6.77. The number of aliphatic carboxylic acids is 1. The van der Waals surface area contributed by atoms with E-state index in [-0.39, 0.29) is 5.92 Å². The van der Waals surface area contributed by atoms with Crippen LogP contribution in [0, 0.1) is 19.8 Å². The first kappa shape index (κ1) is 16.7. The molecular formula is C18H20ClN3O2. The molecule has 0 unspecified atom stereocenters. The molecule has 0 aliphatic carbocycles. The summed E-state index contributed by atoms with van der Waals surface area (Å²) in [5, 5.41) is 9.83. The third-order valence-electron chi connectivity index (χ3n) is 4.61. The predicted octanol–water partition coefficient (Wildman–Crippen LogP) is 3.71. The average Bonchev–Trinajstić information content (AvgIpc) is 2.58. The van der Waals surface area contributed by atoms with E-state index in [2.05, 4.69) is 9.88 Å². The fraction of sp³-hybridized carbons (Fsp3) is 0.389.